The molecule has 0 bridgehead atoms. The third-order valence-electron chi connectivity index (χ3n) is 5.07. The van der Waals surface area contributed by atoms with Gasteiger partial charge in [0.15, 0.2) is 0 Å². The molecule has 2 saturated heterocycles. The van der Waals surface area contributed by atoms with Crippen LogP contribution in [0.1, 0.15) is 31.2 Å². The summed E-state index contributed by atoms with van der Waals surface area (Å²) in [5.74, 6) is -0.0293. The van der Waals surface area contributed by atoms with Crippen molar-refractivity contribution in [1.29, 1.82) is 0 Å². The molecule has 25 heavy (non-hydrogen) atoms. The lowest BCUT2D eigenvalue weighted by atomic mass is 9.97. The maximum Gasteiger partial charge on any atom is 0.320 e. The minimum atomic E-state index is -0.0921. The van der Waals surface area contributed by atoms with Crippen molar-refractivity contribution in [3.63, 3.8) is 0 Å². The van der Waals surface area contributed by atoms with Gasteiger partial charge in [0.1, 0.15) is 0 Å². The second-order valence-electron chi connectivity index (χ2n) is 6.93. The maximum absolute atomic E-state index is 12.5. The first-order valence-corrected chi connectivity index (χ1v) is 9.57. The molecule has 1 aromatic carbocycles. The predicted octanol–water partition coefficient (Wildman–Crippen LogP) is 2.93. The number of carbonyl (C=O) groups excluding carboxylic acids is 2. The van der Waals surface area contributed by atoms with Crippen LogP contribution >= 0.6 is 11.6 Å². The zero-order chi connectivity index (χ0) is 17.6. The fourth-order valence-corrected chi connectivity index (χ4v) is 3.72. The van der Waals surface area contributed by atoms with Gasteiger partial charge in [0.25, 0.3) is 0 Å². The molecule has 2 heterocycles. The van der Waals surface area contributed by atoms with E-state index in [9.17, 15) is 9.59 Å². The van der Waals surface area contributed by atoms with E-state index in [0.29, 0.717) is 13.1 Å². The second kappa shape index (κ2) is 8.56. The Bertz CT molecular complexity index is 599. The molecule has 5 nitrogen and oxygen atoms in total. The Kier molecular flexibility index (Phi) is 6.19. The fourth-order valence-electron chi connectivity index (χ4n) is 3.60. The molecule has 3 rings (SSSR count). The summed E-state index contributed by atoms with van der Waals surface area (Å²) < 4.78 is 0. The molecule has 0 aromatic heterocycles. The van der Waals surface area contributed by atoms with E-state index in [1.54, 1.807) is 0 Å². The fraction of sp³-hybridized carbons (Fsp3) is 0.579. The van der Waals surface area contributed by atoms with Crippen LogP contribution in [0.5, 0.6) is 0 Å². The molecule has 2 aliphatic heterocycles. The number of halogens is 1. The quantitative estimate of drug-likeness (QED) is 0.894. The monoisotopic (exact) mass is 363 g/mol. The van der Waals surface area contributed by atoms with Crippen LogP contribution in [0, 0.1) is 5.92 Å². The van der Waals surface area contributed by atoms with Crippen LogP contribution in [-0.2, 0) is 11.2 Å². The molecule has 136 valence electrons. The van der Waals surface area contributed by atoms with Crippen molar-refractivity contribution < 1.29 is 9.59 Å². The number of nitrogens with one attached hydrogen (secondary N) is 1. The van der Waals surface area contributed by atoms with E-state index in [1.165, 1.54) is 0 Å². The van der Waals surface area contributed by atoms with Crippen LogP contribution in [-0.4, -0.2) is 54.5 Å². The van der Waals surface area contributed by atoms with Crippen LogP contribution in [0.2, 0.25) is 5.02 Å². The average Bonchev–Trinajstić information content (AvgIpc) is 3.17. The Balaban J connectivity index is 1.44. The Hall–Kier alpha value is -1.75. The average molecular weight is 364 g/mol. The van der Waals surface area contributed by atoms with Crippen LogP contribution < -0.4 is 5.32 Å². The summed E-state index contributed by atoms with van der Waals surface area (Å²) in [5, 5.41) is 3.74. The zero-order valence-electron chi connectivity index (χ0n) is 14.5. The van der Waals surface area contributed by atoms with Crippen LogP contribution in [0.25, 0.3) is 0 Å². The van der Waals surface area contributed by atoms with Crippen molar-refractivity contribution in [1.82, 2.24) is 15.1 Å². The van der Waals surface area contributed by atoms with Gasteiger partial charge >= 0.3 is 6.03 Å². The molecule has 0 aliphatic carbocycles. The highest BCUT2D eigenvalue weighted by Crippen LogP contribution is 2.20. The van der Waals surface area contributed by atoms with Gasteiger partial charge in [-0.25, -0.2) is 4.79 Å². The van der Waals surface area contributed by atoms with E-state index < -0.39 is 0 Å². The maximum atomic E-state index is 12.5. The van der Waals surface area contributed by atoms with Crippen molar-refractivity contribution in [2.75, 3.05) is 32.7 Å². The Labute approximate surface area is 154 Å². The normalized spacial score (nSPS) is 20.6. The van der Waals surface area contributed by atoms with E-state index >= 15 is 0 Å². The predicted molar refractivity (Wildman–Crippen MR) is 98.7 cm³/mol. The van der Waals surface area contributed by atoms with E-state index in [0.717, 1.165) is 62.3 Å². The molecule has 6 heteroatoms. The molecule has 3 amide bonds. The lowest BCUT2D eigenvalue weighted by Crippen LogP contribution is -2.49. The Morgan fingerprint density at radius 3 is 2.44 bits per heavy atom. The van der Waals surface area contributed by atoms with Gasteiger partial charge in [-0.1, -0.05) is 23.7 Å². The van der Waals surface area contributed by atoms with E-state index in [2.05, 4.69) is 5.32 Å². The number of piperidine rings is 1. The number of hydrogen-bond acceptors (Lipinski definition) is 2. The Morgan fingerprint density at radius 2 is 1.72 bits per heavy atom. The second-order valence-corrected chi connectivity index (χ2v) is 7.37. The van der Waals surface area contributed by atoms with Crippen LogP contribution in [0.4, 0.5) is 4.79 Å². The van der Waals surface area contributed by atoms with Gasteiger partial charge in [-0.15, -0.1) is 0 Å². The molecule has 1 N–H and O–H groups in total. The van der Waals surface area contributed by atoms with E-state index in [4.69, 9.17) is 11.6 Å². The number of carbonyl (C=O) groups is 2. The SMILES string of the molecule is O=C(NCCc1ccc(Cl)cc1)[C@H]1CCCN(C(=O)N2CCCC2)C1. The minimum Gasteiger partial charge on any atom is -0.355 e. The summed E-state index contributed by atoms with van der Waals surface area (Å²) in [5.41, 5.74) is 1.15. The van der Waals surface area contributed by atoms with Crippen LogP contribution in [0.15, 0.2) is 24.3 Å². The zero-order valence-corrected chi connectivity index (χ0v) is 15.3. The van der Waals surface area contributed by atoms with Gasteiger partial charge in [-0.05, 0) is 49.8 Å². The van der Waals surface area contributed by atoms with Crippen molar-refractivity contribution in [3.8, 4) is 0 Å². The number of likely N-dealkylation sites (tertiary alicyclic amines) is 2. The number of urea groups is 1. The third-order valence-corrected chi connectivity index (χ3v) is 5.32. The molecule has 0 saturated carbocycles. The number of nitrogens with zero attached hydrogens (tertiary/aromatic N) is 2. The first-order chi connectivity index (χ1) is 12.1. The van der Waals surface area contributed by atoms with Gasteiger partial charge in [-0.3, -0.25) is 4.79 Å². The van der Waals surface area contributed by atoms with Crippen molar-refractivity contribution in [2.24, 2.45) is 5.92 Å². The lowest BCUT2D eigenvalue weighted by Gasteiger charge is -2.34. The molecule has 0 unspecified atom stereocenters. The van der Waals surface area contributed by atoms with Gasteiger partial charge in [0, 0.05) is 37.7 Å². The first-order valence-electron chi connectivity index (χ1n) is 9.19. The number of amides is 3. The first kappa shape index (κ1) is 18.1. The number of benzene rings is 1. The molecule has 0 radical (unpaired) electrons. The van der Waals surface area contributed by atoms with Crippen LogP contribution in [0.3, 0.4) is 0 Å². The summed E-state index contributed by atoms with van der Waals surface area (Å²) in [7, 11) is 0. The van der Waals surface area contributed by atoms with Gasteiger partial charge in [0.2, 0.25) is 5.91 Å². The highest BCUT2D eigenvalue weighted by Gasteiger charge is 2.31. The smallest absolute Gasteiger partial charge is 0.320 e. The summed E-state index contributed by atoms with van der Waals surface area (Å²) in [6.45, 7) is 3.63. The van der Waals surface area contributed by atoms with E-state index in [-0.39, 0.29) is 17.9 Å². The number of rotatable bonds is 4. The molecule has 2 fully saturated rings. The molecule has 0 spiro atoms. The highest BCUT2D eigenvalue weighted by molar-refractivity contribution is 6.30. The van der Waals surface area contributed by atoms with Gasteiger partial charge in [-0.2, -0.15) is 0 Å². The lowest BCUT2D eigenvalue weighted by molar-refractivity contribution is -0.126. The third kappa shape index (κ3) is 4.88. The minimum absolute atomic E-state index is 0.0629. The van der Waals surface area contributed by atoms with Gasteiger partial charge in [0.05, 0.1) is 5.92 Å². The summed E-state index contributed by atoms with van der Waals surface area (Å²) in [6.07, 6.45) is 4.72. The molecular formula is C19H26ClN3O2. The topological polar surface area (TPSA) is 52.7 Å². The molecule has 1 atom stereocenters. The van der Waals surface area contributed by atoms with Gasteiger partial charge < -0.3 is 15.1 Å². The molecule has 1 aromatic rings. The highest BCUT2D eigenvalue weighted by atomic mass is 35.5. The number of hydrogen-bond donors (Lipinski definition) is 1. The van der Waals surface area contributed by atoms with Crippen molar-refractivity contribution in [2.45, 2.75) is 32.1 Å². The standard InChI is InChI=1S/C19H26ClN3O2/c20-17-7-5-15(6-8-17)9-10-21-18(24)16-4-3-13-23(14-16)19(25)22-11-1-2-12-22/h5-8,16H,1-4,9-14H2,(H,21,24)/t16-/m0/s1. The van der Waals surface area contributed by atoms with Crippen molar-refractivity contribution in [3.05, 3.63) is 34.9 Å². The Morgan fingerprint density at radius 1 is 1.04 bits per heavy atom. The summed E-state index contributed by atoms with van der Waals surface area (Å²) >= 11 is 5.88. The largest absolute Gasteiger partial charge is 0.355 e. The summed E-state index contributed by atoms with van der Waals surface area (Å²) in [6, 6.07) is 7.79. The molecule has 2 aliphatic rings. The van der Waals surface area contributed by atoms with E-state index in [1.807, 2.05) is 34.1 Å². The molecular weight excluding hydrogens is 338 g/mol. The summed E-state index contributed by atoms with van der Waals surface area (Å²) in [4.78, 5) is 28.7. The van der Waals surface area contributed by atoms with Crippen molar-refractivity contribution >= 4 is 23.5 Å².